The van der Waals surface area contributed by atoms with Gasteiger partial charge in [0.25, 0.3) is 0 Å². The second kappa shape index (κ2) is 10.8. The number of halogens is 4. The molecular weight excluding hydrogens is 529 g/mol. The first-order valence-corrected chi connectivity index (χ1v) is 12.0. The highest BCUT2D eigenvalue weighted by Gasteiger charge is 2.47. The summed E-state index contributed by atoms with van der Waals surface area (Å²) in [6.45, 7) is 5.76. The summed E-state index contributed by atoms with van der Waals surface area (Å²) in [5.74, 6) is -2.68. The van der Waals surface area contributed by atoms with Crippen LogP contribution in [0.25, 0.3) is 0 Å². The lowest BCUT2D eigenvalue weighted by molar-refractivity contribution is -0.137. The van der Waals surface area contributed by atoms with Crippen molar-refractivity contribution in [3.63, 3.8) is 0 Å². The van der Waals surface area contributed by atoms with E-state index in [1.54, 1.807) is 20.8 Å². The number of rotatable bonds is 5. The lowest BCUT2D eigenvalue weighted by Crippen LogP contribution is -2.49. The van der Waals surface area contributed by atoms with Gasteiger partial charge in [0.1, 0.15) is 17.5 Å². The maximum absolute atomic E-state index is 13.8. The summed E-state index contributed by atoms with van der Waals surface area (Å²) in [4.78, 5) is 45.2. The van der Waals surface area contributed by atoms with Crippen LogP contribution in [0.3, 0.4) is 0 Å². The summed E-state index contributed by atoms with van der Waals surface area (Å²) < 4.78 is 45.7. The smallest absolute Gasteiger partial charge is 0.416 e. The van der Waals surface area contributed by atoms with E-state index in [0.29, 0.717) is 6.07 Å². The third-order valence-electron chi connectivity index (χ3n) is 5.74. The minimum atomic E-state index is -4.71. The van der Waals surface area contributed by atoms with Crippen LogP contribution < -0.4 is 15.1 Å². The number of pyridine rings is 1. The Labute approximate surface area is 222 Å². The molecule has 13 heteroatoms. The number of alkyl halides is 3. The second-order valence-electron chi connectivity index (χ2n) is 9.87. The van der Waals surface area contributed by atoms with Gasteiger partial charge in [-0.15, -0.1) is 0 Å². The van der Waals surface area contributed by atoms with Crippen LogP contribution in [-0.4, -0.2) is 53.3 Å². The first-order chi connectivity index (χ1) is 17.5. The van der Waals surface area contributed by atoms with Gasteiger partial charge in [-0.3, -0.25) is 19.8 Å². The summed E-state index contributed by atoms with van der Waals surface area (Å²) >= 11 is 6.31. The number of carbonyl (C=O) groups is 3. The number of likely N-dealkylation sites (N-methyl/N-ethyl adjacent to an activating group) is 1. The largest absolute Gasteiger partial charge is 0.444 e. The van der Waals surface area contributed by atoms with E-state index >= 15 is 0 Å². The maximum Gasteiger partial charge on any atom is 0.416 e. The molecule has 3 amide bonds. The number of aliphatic hydroxyl groups is 1. The molecule has 2 N–H and O–H groups in total. The number of para-hydroxylation sites is 1. The van der Waals surface area contributed by atoms with Crippen molar-refractivity contribution in [2.75, 3.05) is 28.8 Å². The first-order valence-electron chi connectivity index (χ1n) is 11.6. The van der Waals surface area contributed by atoms with Crippen molar-refractivity contribution in [1.82, 2.24) is 4.98 Å². The molecule has 2 aromatic rings. The molecule has 0 spiro atoms. The van der Waals surface area contributed by atoms with Crippen molar-refractivity contribution in [2.45, 2.75) is 51.9 Å². The van der Waals surface area contributed by atoms with Gasteiger partial charge in [0.2, 0.25) is 11.8 Å². The molecule has 0 unspecified atom stereocenters. The highest BCUT2D eigenvalue weighted by molar-refractivity contribution is 6.34. The molecule has 2 heterocycles. The molecule has 206 valence electrons. The maximum atomic E-state index is 13.8. The normalized spacial score (nSPS) is 17.9. The van der Waals surface area contributed by atoms with Gasteiger partial charge < -0.3 is 14.7 Å². The Kier molecular flexibility index (Phi) is 8.27. The minimum Gasteiger partial charge on any atom is -0.444 e. The van der Waals surface area contributed by atoms with Gasteiger partial charge in [0.05, 0.1) is 22.0 Å². The molecule has 38 heavy (non-hydrogen) atoms. The average Bonchev–Trinajstić information content (AvgIpc) is 3.13. The number of amides is 3. The number of nitrogens with one attached hydrogen (secondary N) is 1. The molecule has 1 aromatic heterocycles. The van der Waals surface area contributed by atoms with Gasteiger partial charge in [-0.05, 0) is 52.0 Å². The number of carbonyl (C=O) groups excluding carboxylic acids is 3. The molecule has 0 bridgehead atoms. The molecule has 1 aliphatic heterocycles. The van der Waals surface area contributed by atoms with Crippen LogP contribution in [0.4, 0.5) is 35.2 Å². The zero-order chi connectivity index (χ0) is 28.6. The number of aromatic nitrogens is 1. The van der Waals surface area contributed by atoms with E-state index in [9.17, 15) is 32.7 Å². The van der Waals surface area contributed by atoms with Crippen molar-refractivity contribution < 1.29 is 37.4 Å². The molecule has 1 aliphatic rings. The fraction of sp³-hybridized carbons (Fsp3) is 0.440. The standard InChI is InChI=1S/C25H28ClF3N4O5/c1-13-9-15(25(27,28)29)11-18(30-13)33-19(35)10-14(12-34)21(33)22(36)32(5)17-8-6-7-16(26)20(17)31-23(37)38-24(2,3)4/h6-9,11,14,21,34H,10,12H2,1-5H3,(H,31,37)/t14-,21+/m1/s1. The Morgan fingerprint density at radius 1 is 1.26 bits per heavy atom. The lowest BCUT2D eigenvalue weighted by atomic mass is 9.99. The molecule has 0 saturated carbocycles. The van der Waals surface area contributed by atoms with E-state index < -0.39 is 53.8 Å². The SMILES string of the molecule is Cc1cc(C(F)(F)F)cc(N2C(=O)C[C@H](CO)[C@H]2C(=O)N(C)c2cccc(Cl)c2NC(=O)OC(C)(C)C)n1. The van der Waals surface area contributed by atoms with E-state index in [4.69, 9.17) is 16.3 Å². The monoisotopic (exact) mass is 556 g/mol. The van der Waals surface area contributed by atoms with E-state index in [2.05, 4.69) is 10.3 Å². The molecule has 1 saturated heterocycles. The number of nitrogens with zero attached hydrogens (tertiary/aromatic N) is 3. The molecule has 1 fully saturated rings. The first kappa shape index (κ1) is 29.2. The topological polar surface area (TPSA) is 112 Å². The summed E-state index contributed by atoms with van der Waals surface area (Å²) in [5, 5.41) is 12.5. The van der Waals surface area contributed by atoms with Gasteiger partial charge in [0.15, 0.2) is 0 Å². The van der Waals surface area contributed by atoms with E-state index in [1.165, 1.54) is 32.2 Å². The summed E-state index contributed by atoms with van der Waals surface area (Å²) in [6, 6.07) is 4.64. The number of ether oxygens (including phenoxy) is 1. The van der Waals surface area contributed by atoms with Crippen LogP contribution >= 0.6 is 11.6 Å². The molecule has 0 radical (unpaired) electrons. The van der Waals surface area contributed by atoms with Gasteiger partial charge in [-0.25, -0.2) is 9.78 Å². The highest BCUT2D eigenvalue weighted by atomic mass is 35.5. The number of benzene rings is 1. The highest BCUT2D eigenvalue weighted by Crippen LogP contribution is 2.38. The predicted molar refractivity (Wildman–Crippen MR) is 135 cm³/mol. The van der Waals surface area contributed by atoms with Gasteiger partial charge in [-0.1, -0.05) is 17.7 Å². The van der Waals surface area contributed by atoms with Crippen LogP contribution in [0.5, 0.6) is 0 Å². The Balaban J connectivity index is 2.03. The Morgan fingerprint density at radius 2 is 1.92 bits per heavy atom. The fourth-order valence-corrected chi connectivity index (χ4v) is 4.34. The van der Waals surface area contributed by atoms with Crippen LogP contribution in [0.2, 0.25) is 5.02 Å². The fourth-order valence-electron chi connectivity index (χ4n) is 4.12. The Hall–Kier alpha value is -3.38. The summed E-state index contributed by atoms with van der Waals surface area (Å²) in [5.41, 5.74) is -1.67. The molecular formula is C25H28ClF3N4O5. The lowest BCUT2D eigenvalue weighted by Gasteiger charge is -2.31. The van der Waals surface area contributed by atoms with Crippen LogP contribution in [0.1, 0.15) is 38.4 Å². The quantitative estimate of drug-likeness (QED) is 0.548. The van der Waals surface area contributed by atoms with Crippen LogP contribution in [-0.2, 0) is 20.5 Å². The average molecular weight is 557 g/mol. The van der Waals surface area contributed by atoms with Crippen molar-refractivity contribution in [2.24, 2.45) is 5.92 Å². The third kappa shape index (κ3) is 6.36. The summed E-state index contributed by atoms with van der Waals surface area (Å²) in [6.07, 6.45) is -5.82. The van der Waals surface area contributed by atoms with E-state index in [1.807, 2.05) is 0 Å². The zero-order valence-corrected chi connectivity index (χ0v) is 22.1. The summed E-state index contributed by atoms with van der Waals surface area (Å²) in [7, 11) is 1.36. The molecule has 0 aliphatic carbocycles. The number of hydrogen-bond donors (Lipinski definition) is 2. The number of aryl methyl sites for hydroxylation is 1. The molecule has 3 rings (SSSR count). The van der Waals surface area contributed by atoms with Gasteiger partial charge in [0, 0.05) is 31.7 Å². The second-order valence-corrected chi connectivity index (χ2v) is 10.3. The molecule has 9 nitrogen and oxygen atoms in total. The number of aliphatic hydroxyl groups excluding tert-OH is 1. The van der Waals surface area contributed by atoms with Crippen LogP contribution in [0.15, 0.2) is 30.3 Å². The van der Waals surface area contributed by atoms with Crippen molar-refractivity contribution in [3.8, 4) is 0 Å². The van der Waals surface area contributed by atoms with Gasteiger partial charge in [-0.2, -0.15) is 13.2 Å². The third-order valence-corrected chi connectivity index (χ3v) is 6.06. The van der Waals surface area contributed by atoms with Crippen molar-refractivity contribution >= 4 is 46.7 Å². The van der Waals surface area contributed by atoms with Crippen molar-refractivity contribution in [1.29, 1.82) is 0 Å². The molecule has 2 atom stereocenters. The van der Waals surface area contributed by atoms with Gasteiger partial charge >= 0.3 is 12.3 Å². The zero-order valence-electron chi connectivity index (χ0n) is 21.4. The van der Waals surface area contributed by atoms with Crippen LogP contribution in [0, 0.1) is 12.8 Å². The van der Waals surface area contributed by atoms with E-state index in [-0.39, 0.29) is 34.3 Å². The van der Waals surface area contributed by atoms with Crippen molar-refractivity contribution in [3.05, 3.63) is 46.6 Å². The number of anilines is 3. The number of hydrogen-bond acceptors (Lipinski definition) is 6. The minimum absolute atomic E-state index is 0.00619. The Bertz CT molecular complexity index is 1250. The van der Waals surface area contributed by atoms with E-state index in [0.717, 1.165) is 15.9 Å². The molecule has 1 aromatic carbocycles. The Morgan fingerprint density at radius 3 is 2.50 bits per heavy atom. The predicted octanol–water partition coefficient (Wildman–Crippen LogP) is 4.79.